The Morgan fingerprint density at radius 3 is 1.02 bits per heavy atom. The Hall–Kier alpha value is -9.64. The zero-order valence-electron chi connectivity index (χ0n) is 65.5. The summed E-state index contributed by atoms with van der Waals surface area (Å²) in [4.78, 5) is 0. The van der Waals surface area contributed by atoms with Gasteiger partial charge in [0, 0.05) is 89.8 Å². The van der Waals surface area contributed by atoms with Crippen LogP contribution in [-0.4, -0.2) is 0 Å². The molecule has 0 N–H and O–H groups in total. The van der Waals surface area contributed by atoms with Gasteiger partial charge in [0.25, 0.3) is 0 Å². The predicted molar refractivity (Wildman–Crippen MR) is 361 cm³/mol. The zero-order chi connectivity index (χ0) is 73.5. The number of aromatic nitrogens is 4. The first-order valence-electron chi connectivity index (χ1n) is 36.2. The topological polar surface area (TPSA) is 15.5 Å². The van der Waals surface area contributed by atoms with Crippen LogP contribution >= 0.6 is 0 Å². The molecular weight excluding hydrogens is 1040 g/mol. The molecule has 428 valence electrons. The van der Waals surface area contributed by atoms with Gasteiger partial charge in [-0.3, -0.25) is 0 Å². The Kier molecular flexibility index (Phi) is 14.2. The van der Waals surface area contributed by atoms with Gasteiger partial charge in [0.15, 0.2) is 24.8 Å². The van der Waals surface area contributed by atoms with Gasteiger partial charge in [-0.2, -0.15) is 0 Å². The molecule has 0 radical (unpaired) electrons. The summed E-state index contributed by atoms with van der Waals surface area (Å²) in [5.74, 6) is 0. The number of pyridine rings is 4. The minimum atomic E-state index is -2.23. The molecule has 4 heterocycles. The lowest BCUT2D eigenvalue weighted by Crippen LogP contribution is -2.31. The van der Waals surface area contributed by atoms with Crippen LogP contribution in [0.15, 0.2) is 255 Å². The third-order valence-corrected chi connectivity index (χ3v) is 15.5. The zero-order valence-corrected chi connectivity index (χ0v) is 50.5. The van der Waals surface area contributed by atoms with E-state index in [1.807, 2.05) is 201 Å². The van der Waals surface area contributed by atoms with Crippen LogP contribution in [0.2, 0.25) is 0 Å². The average molecular weight is 1140 g/mol. The van der Waals surface area contributed by atoms with Crippen molar-refractivity contribution in [2.75, 3.05) is 0 Å². The van der Waals surface area contributed by atoms with Gasteiger partial charge in [-0.25, -0.2) is 18.3 Å². The standard InChI is InChI=1S/2C21H22N.2C20H20N/c1-15-10-11-19(18-8-6-5-7-9-18)13-20(15)21-12-16(2)17(3)14-22(21)4;1-15-10-11-21(22(4)14-15)20-13-19(16(2)12-17(20)3)18-8-6-5-7-9-18;1-15-13-16(2)19(20-11-7-8-12-21(20)3)14-18(15)17-9-5-4-6-10-17;1-15-9-12-20(21(3)14-15)19-13-18(11-10-16(19)2)17-7-5-4-6-8-17/h2*5-14H,1-4H3;2*4-14H,1-3H3/q4*+1/i3D3;1D3,2D3;2*1D3. The molecule has 4 aromatic heterocycles. The van der Waals surface area contributed by atoms with Gasteiger partial charge in [0.1, 0.15) is 28.2 Å². The van der Waals surface area contributed by atoms with E-state index in [9.17, 15) is 0 Å². The van der Waals surface area contributed by atoms with Crippen LogP contribution < -0.4 is 18.3 Å². The van der Waals surface area contributed by atoms with E-state index in [2.05, 4.69) is 74.5 Å². The van der Waals surface area contributed by atoms with Gasteiger partial charge < -0.3 is 0 Å². The van der Waals surface area contributed by atoms with Crippen molar-refractivity contribution in [3.8, 4) is 89.5 Å². The Balaban J connectivity index is 0.000000157. The van der Waals surface area contributed by atoms with Crippen LogP contribution in [0.5, 0.6) is 0 Å². The lowest BCUT2D eigenvalue weighted by atomic mass is 9.93. The fourth-order valence-electron chi connectivity index (χ4n) is 10.7. The Bertz CT molecular complexity index is 4890. The molecule has 12 aromatic rings. The quantitative estimate of drug-likeness (QED) is 0.135. The second-order valence-electron chi connectivity index (χ2n) is 21.8. The van der Waals surface area contributed by atoms with E-state index in [4.69, 9.17) is 20.6 Å². The van der Waals surface area contributed by atoms with Crippen LogP contribution in [0, 0.1) is 68.9 Å². The molecule has 0 unspecified atom stereocenters. The van der Waals surface area contributed by atoms with Gasteiger partial charge in [0.2, 0.25) is 22.8 Å². The average Bonchev–Trinajstić information content (AvgIpc) is 0.786. The Morgan fingerprint density at radius 2 is 0.616 bits per heavy atom. The summed E-state index contributed by atoms with van der Waals surface area (Å²) in [6.07, 6.45) is 7.01. The van der Waals surface area contributed by atoms with Crippen molar-refractivity contribution >= 4 is 0 Å². The smallest absolute Gasteiger partial charge is 0.201 e. The van der Waals surface area contributed by atoms with Crippen molar-refractivity contribution in [2.45, 2.75) is 68.9 Å². The molecule has 0 spiro atoms. The number of aryl methyl sites for hydroxylation is 14. The lowest BCUT2D eigenvalue weighted by Gasteiger charge is -2.12. The van der Waals surface area contributed by atoms with Gasteiger partial charge in [-0.1, -0.05) is 158 Å². The minimum absolute atomic E-state index is 0.263. The van der Waals surface area contributed by atoms with E-state index in [0.717, 1.165) is 101 Å². The van der Waals surface area contributed by atoms with E-state index >= 15 is 0 Å². The van der Waals surface area contributed by atoms with Gasteiger partial charge >= 0.3 is 0 Å². The molecule has 0 bridgehead atoms. The molecule has 12 rings (SSSR count). The first-order valence-corrected chi connectivity index (χ1v) is 28.7. The third-order valence-electron chi connectivity index (χ3n) is 15.5. The molecular formula is C82H84N4+4. The molecule has 0 saturated heterocycles. The molecule has 0 aliphatic rings. The van der Waals surface area contributed by atoms with Crippen LogP contribution in [0.25, 0.3) is 89.5 Å². The van der Waals surface area contributed by atoms with Crippen LogP contribution in [-0.2, 0) is 28.2 Å². The van der Waals surface area contributed by atoms with Crippen molar-refractivity contribution < 1.29 is 38.8 Å². The van der Waals surface area contributed by atoms with E-state index in [1.165, 1.54) is 11.1 Å². The normalized spacial score (nSPS) is 14.0. The summed E-state index contributed by atoms with van der Waals surface area (Å²) in [6, 6.07) is 74.8. The Labute approximate surface area is 534 Å². The second-order valence-corrected chi connectivity index (χ2v) is 21.8. The molecule has 86 heavy (non-hydrogen) atoms. The highest BCUT2D eigenvalue weighted by molar-refractivity contribution is 5.78. The number of benzene rings is 8. The predicted octanol–water partition coefficient (Wildman–Crippen LogP) is 18.5. The summed E-state index contributed by atoms with van der Waals surface area (Å²) in [7, 11) is 7.58. The van der Waals surface area contributed by atoms with Crippen LogP contribution in [0.4, 0.5) is 0 Å². The highest BCUT2D eigenvalue weighted by Gasteiger charge is 2.19. The highest BCUT2D eigenvalue weighted by atomic mass is 14.9. The summed E-state index contributed by atoms with van der Waals surface area (Å²) < 4.78 is 124. The summed E-state index contributed by atoms with van der Waals surface area (Å²) in [5.41, 5.74) is 22.4. The van der Waals surface area contributed by atoms with E-state index in [-0.39, 0.29) is 5.56 Å². The molecule has 0 fully saturated rings. The summed E-state index contributed by atoms with van der Waals surface area (Å²) >= 11 is 0. The summed E-state index contributed by atoms with van der Waals surface area (Å²) in [5, 5.41) is 0. The van der Waals surface area contributed by atoms with Crippen molar-refractivity contribution in [2.24, 2.45) is 28.2 Å². The first-order chi connectivity index (χ1) is 47.5. The maximum Gasteiger partial charge on any atom is 0.212 e. The molecule has 4 heteroatoms. The van der Waals surface area contributed by atoms with Crippen LogP contribution in [0.3, 0.4) is 0 Å². The molecule has 0 saturated carbocycles. The molecule has 0 amide bonds. The monoisotopic (exact) mass is 1140 g/mol. The SMILES string of the molecule is [2H]C([2H])([2H])c1c[n+](C)c(-c2cc(-c3ccccc3)ccc2C)cc1C.[2H]C([2H])([2H])c1cc(C)c(-c2cccc[n+]2C)cc1-c1ccccc1.[2H]C([2H])([2H])c1ccc(-c2cc(-c3ccccc3)c(C([2H])([2H])[2H])cc2C)[n+](C)c1.[2H]C([2H])([2H])c1ccc(-c2cc(-c3ccccc3)ccc2C)[n+](C)c1. The maximum atomic E-state index is 7.94. The minimum Gasteiger partial charge on any atom is -0.201 e. The Morgan fingerprint density at radius 1 is 0.233 bits per heavy atom. The molecule has 8 aromatic carbocycles. The van der Waals surface area contributed by atoms with Crippen molar-refractivity contribution in [3.63, 3.8) is 0 Å². The maximum absolute atomic E-state index is 7.94. The van der Waals surface area contributed by atoms with E-state index in [1.54, 1.807) is 60.5 Å². The first kappa shape index (κ1) is 43.9. The number of rotatable bonds is 8. The summed E-state index contributed by atoms with van der Waals surface area (Å²) in [6.45, 7) is -0.886. The third kappa shape index (κ3) is 14.6. The van der Waals surface area contributed by atoms with Crippen molar-refractivity contribution in [1.29, 1.82) is 0 Å². The molecule has 0 aliphatic heterocycles. The van der Waals surface area contributed by atoms with E-state index < -0.39 is 34.3 Å². The van der Waals surface area contributed by atoms with Gasteiger partial charge in [0.05, 0.1) is 0 Å². The lowest BCUT2D eigenvalue weighted by molar-refractivity contribution is -0.660. The van der Waals surface area contributed by atoms with Gasteiger partial charge in [-0.15, -0.1) is 0 Å². The second kappa shape index (κ2) is 27.8. The number of hydrogen-bond donors (Lipinski definition) is 0. The fourth-order valence-corrected chi connectivity index (χ4v) is 10.7. The molecule has 0 atom stereocenters. The molecule has 4 nitrogen and oxygen atoms in total. The number of nitrogens with zero attached hydrogens (tertiary/aromatic N) is 4. The van der Waals surface area contributed by atoms with Crippen molar-refractivity contribution in [1.82, 2.24) is 0 Å². The van der Waals surface area contributed by atoms with E-state index in [0.29, 0.717) is 27.8 Å². The molecule has 0 aliphatic carbocycles. The van der Waals surface area contributed by atoms with Crippen LogP contribution in [0.1, 0.15) is 76.2 Å². The fraction of sp³-hybridized carbons (Fsp3) is 0.171. The number of hydrogen-bond acceptors (Lipinski definition) is 0. The van der Waals surface area contributed by atoms with Crippen molar-refractivity contribution in [3.05, 3.63) is 311 Å². The van der Waals surface area contributed by atoms with Gasteiger partial charge in [-0.05, 0) is 195 Å². The highest BCUT2D eigenvalue weighted by Crippen LogP contribution is 2.34. The largest absolute Gasteiger partial charge is 0.212 e.